The van der Waals surface area contributed by atoms with Crippen LogP contribution in [0.2, 0.25) is 10.3 Å². The molecule has 1 N–H and O–H groups in total. The van der Waals surface area contributed by atoms with Crippen molar-refractivity contribution >= 4 is 56.7 Å². The van der Waals surface area contributed by atoms with Crippen molar-refractivity contribution in [2.75, 3.05) is 24.3 Å². The van der Waals surface area contributed by atoms with E-state index in [9.17, 15) is 0 Å². The summed E-state index contributed by atoms with van der Waals surface area (Å²) in [6.07, 6.45) is 0. The van der Waals surface area contributed by atoms with Crippen LogP contribution in [0.5, 0.6) is 0 Å². The molecule has 100 valence electrons. The number of aromatic nitrogens is 3. The monoisotopic (exact) mass is 361 g/mol. The van der Waals surface area contributed by atoms with Crippen molar-refractivity contribution in [2.24, 2.45) is 0 Å². The van der Waals surface area contributed by atoms with Crippen LogP contribution in [0.1, 0.15) is 0 Å². The van der Waals surface area contributed by atoms with Crippen LogP contribution in [-0.2, 0) is 0 Å². The molecule has 1 heterocycles. The van der Waals surface area contributed by atoms with Gasteiger partial charge in [-0.3, -0.25) is 0 Å². The highest BCUT2D eigenvalue weighted by Gasteiger charge is 2.09. The van der Waals surface area contributed by atoms with Crippen LogP contribution in [0.3, 0.4) is 0 Å². The van der Waals surface area contributed by atoms with E-state index in [-0.39, 0.29) is 5.28 Å². The van der Waals surface area contributed by atoms with Gasteiger partial charge in [-0.1, -0.05) is 17.7 Å². The predicted molar refractivity (Wildman–Crippen MR) is 81.6 cm³/mol. The van der Waals surface area contributed by atoms with Gasteiger partial charge >= 0.3 is 0 Å². The molecule has 0 fully saturated rings. The highest BCUT2D eigenvalue weighted by atomic mass is 79.9. The quantitative estimate of drug-likeness (QED) is 0.901. The number of halogens is 3. The molecule has 5 nitrogen and oxygen atoms in total. The van der Waals surface area contributed by atoms with Gasteiger partial charge in [-0.05, 0) is 39.7 Å². The number of nitrogens with one attached hydrogen (secondary N) is 1. The number of rotatable bonds is 3. The Hall–Kier alpha value is -1.11. The molecular weight excluding hydrogens is 353 g/mol. The Morgan fingerprint density at radius 1 is 1.16 bits per heavy atom. The summed E-state index contributed by atoms with van der Waals surface area (Å²) in [5, 5.41) is 3.76. The lowest BCUT2D eigenvalue weighted by atomic mass is 10.3. The molecular formula is C11H10BrCl2N5. The van der Waals surface area contributed by atoms with Gasteiger partial charge in [0.2, 0.25) is 17.2 Å². The smallest absolute Gasteiger partial charge is 0.233 e. The Bertz CT molecular complexity index is 606. The third-order valence-corrected chi connectivity index (χ3v) is 3.76. The molecule has 0 amide bonds. The topological polar surface area (TPSA) is 53.9 Å². The van der Waals surface area contributed by atoms with Crippen molar-refractivity contribution in [1.82, 2.24) is 15.0 Å². The van der Waals surface area contributed by atoms with Gasteiger partial charge in [-0.25, -0.2) is 0 Å². The first-order valence-corrected chi connectivity index (χ1v) is 6.82. The van der Waals surface area contributed by atoms with Gasteiger partial charge in [0.25, 0.3) is 0 Å². The van der Waals surface area contributed by atoms with Crippen LogP contribution in [0.15, 0.2) is 22.7 Å². The van der Waals surface area contributed by atoms with E-state index in [1.165, 1.54) is 0 Å². The highest BCUT2D eigenvalue weighted by molar-refractivity contribution is 9.10. The van der Waals surface area contributed by atoms with Gasteiger partial charge in [-0.15, -0.1) is 0 Å². The molecule has 0 saturated heterocycles. The molecule has 0 unspecified atom stereocenters. The molecule has 0 aliphatic rings. The first-order chi connectivity index (χ1) is 8.97. The molecule has 0 spiro atoms. The molecule has 0 atom stereocenters. The normalized spacial score (nSPS) is 10.4. The Morgan fingerprint density at radius 3 is 2.58 bits per heavy atom. The van der Waals surface area contributed by atoms with Crippen LogP contribution in [-0.4, -0.2) is 29.0 Å². The summed E-state index contributed by atoms with van der Waals surface area (Å²) in [7, 11) is 3.65. The van der Waals surface area contributed by atoms with Crippen molar-refractivity contribution in [3.8, 4) is 0 Å². The Labute approximate surface area is 129 Å². The van der Waals surface area contributed by atoms with Crippen molar-refractivity contribution in [2.45, 2.75) is 0 Å². The average molecular weight is 363 g/mol. The maximum atomic E-state index is 6.02. The molecule has 1 aromatic carbocycles. The summed E-state index contributed by atoms with van der Waals surface area (Å²) in [5.74, 6) is 0.826. The minimum absolute atomic E-state index is 0.124. The first-order valence-electron chi connectivity index (χ1n) is 5.27. The van der Waals surface area contributed by atoms with E-state index in [0.717, 1.165) is 10.2 Å². The lowest BCUT2D eigenvalue weighted by Gasteiger charge is -2.12. The number of nitrogens with zero attached hydrogens (tertiary/aromatic N) is 4. The Balaban J connectivity index is 2.35. The number of benzene rings is 1. The Morgan fingerprint density at radius 2 is 1.89 bits per heavy atom. The number of hydrogen-bond donors (Lipinski definition) is 1. The van der Waals surface area contributed by atoms with E-state index in [4.69, 9.17) is 23.2 Å². The first kappa shape index (κ1) is 14.3. The maximum Gasteiger partial charge on any atom is 0.233 e. The molecule has 0 radical (unpaired) electrons. The van der Waals surface area contributed by atoms with Crippen LogP contribution in [0.4, 0.5) is 17.6 Å². The van der Waals surface area contributed by atoms with E-state index in [2.05, 4.69) is 36.2 Å². The molecule has 2 rings (SSSR count). The van der Waals surface area contributed by atoms with E-state index in [1.807, 2.05) is 26.2 Å². The van der Waals surface area contributed by atoms with E-state index in [0.29, 0.717) is 16.9 Å². The molecule has 2 aromatic rings. The maximum absolute atomic E-state index is 6.02. The van der Waals surface area contributed by atoms with E-state index < -0.39 is 0 Å². The van der Waals surface area contributed by atoms with Gasteiger partial charge in [0.1, 0.15) is 0 Å². The second-order valence-electron chi connectivity index (χ2n) is 3.85. The summed E-state index contributed by atoms with van der Waals surface area (Å²) in [6, 6.07) is 5.45. The van der Waals surface area contributed by atoms with Gasteiger partial charge in [0.05, 0.1) is 15.2 Å². The van der Waals surface area contributed by atoms with Crippen molar-refractivity contribution in [3.63, 3.8) is 0 Å². The molecule has 0 saturated carbocycles. The number of hydrogen-bond acceptors (Lipinski definition) is 5. The predicted octanol–water partition coefficient (Wildman–Crippen LogP) is 3.75. The average Bonchev–Trinajstić information content (AvgIpc) is 2.34. The lowest BCUT2D eigenvalue weighted by Crippen LogP contribution is -2.14. The summed E-state index contributed by atoms with van der Waals surface area (Å²) in [6.45, 7) is 0. The molecule has 0 aliphatic heterocycles. The van der Waals surface area contributed by atoms with Gasteiger partial charge < -0.3 is 10.2 Å². The van der Waals surface area contributed by atoms with Crippen LogP contribution in [0.25, 0.3) is 0 Å². The largest absolute Gasteiger partial charge is 0.347 e. The fourth-order valence-electron chi connectivity index (χ4n) is 1.32. The minimum atomic E-state index is 0.124. The summed E-state index contributed by atoms with van der Waals surface area (Å²) < 4.78 is 0.736. The fraction of sp³-hybridized carbons (Fsp3) is 0.182. The van der Waals surface area contributed by atoms with Crippen molar-refractivity contribution in [3.05, 3.63) is 33.0 Å². The second-order valence-corrected chi connectivity index (χ2v) is 5.39. The zero-order chi connectivity index (χ0) is 14.0. The third-order valence-electron chi connectivity index (χ3n) is 2.19. The molecule has 1 aromatic heterocycles. The van der Waals surface area contributed by atoms with Gasteiger partial charge in [0, 0.05) is 14.1 Å². The molecule has 8 heteroatoms. The van der Waals surface area contributed by atoms with Gasteiger partial charge in [-0.2, -0.15) is 15.0 Å². The second kappa shape index (κ2) is 5.90. The zero-order valence-corrected chi connectivity index (χ0v) is 13.3. The number of anilines is 3. The minimum Gasteiger partial charge on any atom is -0.347 e. The summed E-state index contributed by atoms with van der Waals surface area (Å²) in [5.41, 5.74) is 0.750. The standard InChI is InChI=1S/C11H10BrCl2N5/c1-19(2)11-17-9(14)16-10(18-11)15-7-5-3-4-6(13)8(7)12/h3-5H,1-2H3,(H,15,16,17,18). The van der Waals surface area contributed by atoms with Crippen LogP contribution >= 0.6 is 39.1 Å². The Kier molecular flexibility index (Phi) is 4.44. The van der Waals surface area contributed by atoms with E-state index in [1.54, 1.807) is 11.0 Å². The third kappa shape index (κ3) is 3.46. The van der Waals surface area contributed by atoms with Gasteiger partial charge in [0.15, 0.2) is 0 Å². The lowest BCUT2D eigenvalue weighted by molar-refractivity contribution is 0.961. The fourth-order valence-corrected chi connectivity index (χ4v) is 2.01. The van der Waals surface area contributed by atoms with Crippen LogP contribution in [0, 0.1) is 0 Å². The molecule has 19 heavy (non-hydrogen) atoms. The van der Waals surface area contributed by atoms with Crippen LogP contribution < -0.4 is 10.2 Å². The van der Waals surface area contributed by atoms with Crippen molar-refractivity contribution < 1.29 is 0 Å². The molecule has 0 aliphatic carbocycles. The highest BCUT2D eigenvalue weighted by Crippen LogP contribution is 2.31. The SMILES string of the molecule is CN(C)c1nc(Cl)nc(Nc2cccc(Cl)c2Br)n1. The summed E-state index contributed by atoms with van der Waals surface area (Å²) in [4.78, 5) is 14.0. The van der Waals surface area contributed by atoms with Crippen molar-refractivity contribution in [1.29, 1.82) is 0 Å². The molecule has 0 bridgehead atoms. The van der Waals surface area contributed by atoms with E-state index >= 15 is 0 Å². The summed E-state index contributed by atoms with van der Waals surface area (Å²) >= 11 is 15.3. The zero-order valence-electron chi connectivity index (χ0n) is 10.2.